The van der Waals surface area contributed by atoms with E-state index < -0.39 is 29.0 Å². The van der Waals surface area contributed by atoms with E-state index in [-0.39, 0.29) is 41.4 Å². The Bertz CT molecular complexity index is 840. The zero-order valence-corrected chi connectivity index (χ0v) is 17.7. The van der Waals surface area contributed by atoms with Crippen molar-refractivity contribution < 1.29 is 22.8 Å². The Morgan fingerprint density at radius 1 is 1.23 bits per heavy atom. The van der Waals surface area contributed by atoms with E-state index in [1.807, 2.05) is 20.8 Å². The van der Waals surface area contributed by atoms with E-state index in [4.69, 9.17) is 5.73 Å². The SMILES string of the molecule is CC(C)(C)CC(=O)[C@@]12CNC[C@@H]1CCN2C(=O)C[C@H](N)Cc1cc(F)c(F)cc1F. The molecule has 0 radical (unpaired) electrons. The predicted octanol–water partition coefficient (Wildman–Crippen LogP) is 2.56. The van der Waals surface area contributed by atoms with Crippen LogP contribution >= 0.6 is 0 Å². The van der Waals surface area contributed by atoms with Crippen LogP contribution in [-0.2, 0) is 16.0 Å². The molecule has 3 N–H and O–H groups in total. The number of ketones is 1. The summed E-state index contributed by atoms with van der Waals surface area (Å²) in [4.78, 5) is 28.0. The van der Waals surface area contributed by atoms with Crippen LogP contribution in [0.15, 0.2) is 12.1 Å². The van der Waals surface area contributed by atoms with Gasteiger partial charge in [-0.05, 0) is 29.9 Å². The minimum absolute atomic E-state index is 0.0519. The minimum Gasteiger partial charge on any atom is -0.328 e. The summed E-state index contributed by atoms with van der Waals surface area (Å²) in [5.74, 6) is -3.46. The Labute approximate surface area is 175 Å². The number of hydrogen-bond donors (Lipinski definition) is 2. The Kier molecular flexibility index (Phi) is 6.30. The molecule has 8 heteroatoms. The third-order valence-corrected chi connectivity index (χ3v) is 6.13. The van der Waals surface area contributed by atoms with Gasteiger partial charge in [0.25, 0.3) is 0 Å². The number of likely N-dealkylation sites (tertiary alicyclic amines) is 1. The summed E-state index contributed by atoms with van der Waals surface area (Å²) >= 11 is 0. The summed E-state index contributed by atoms with van der Waals surface area (Å²) in [5.41, 5.74) is 4.92. The van der Waals surface area contributed by atoms with Crippen molar-refractivity contribution in [3.8, 4) is 0 Å². The summed E-state index contributed by atoms with van der Waals surface area (Å²) in [6.45, 7) is 7.56. The maximum absolute atomic E-state index is 13.9. The van der Waals surface area contributed by atoms with Gasteiger partial charge in [0, 0.05) is 50.5 Å². The Hall–Kier alpha value is -1.93. The van der Waals surface area contributed by atoms with Crippen molar-refractivity contribution in [2.45, 2.75) is 58.0 Å². The first-order valence-corrected chi connectivity index (χ1v) is 10.4. The number of carbonyl (C=O) groups excluding carboxylic acids is 2. The average molecular weight is 425 g/mol. The maximum Gasteiger partial charge on any atom is 0.225 e. The Morgan fingerprint density at radius 2 is 1.90 bits per heavy atom. The molecule has 1 aromatic rings. The zero-order chi connectivity index (χ0) is 22.3. The fourth-order valence-corrected chi connectivity index (χ4v) is 4.76. The molecule has 2 saturated heterocycles. The third-order valence-electron chi connectivity index (χ3n) is 6.13. The molecule has 3 rings (SSSR count). The van der Waals surface area contributed by atoms with Crippen molar-refractivity contribution in [1.29, 1.82) is 0 Å². The average Bonchev–Trinajstić information content (AvgIpc) is 3.17. The van der Waals surface area contributed by atoms with Gasteiger partial charge in [-0.3, -0.25) is 9.59 Å². The molecule has 2 heterocycles. The molecule has 0 aromatic heterocycles. The minimum atomic E-state index is -1.27. The highest BCUT2D eigenvalue weighted by molar-refractivity contribution is 5.95. The highest BCUT2D eigenvalue weighted by atomic mass is 19.2. The van der Waals surface area contributed by atoms with Crippen LogP contribution in [0.4, 0.5) is 13.2 Å². The van der Waals surface area contributed by atoms with Crippen molar-refractivity contribution in [1.82, 2.24) is 10.2 Å². The summed E-state index contributed by atoms with van der Waals surface area (Å²) < 4.78 is 40.5. The van der Waals surface area contributed by atoms with Crippen LogP contribution in [0.1, 0.15) is 45.6 Å². The van der Waals surface area contributed by atoms with E-state index in [2.05, 4.69) is 5.32 Å². The number of benzene rings is 1. The lowest BCUT2D eigenvalue weighted by Crippen LogP contribution is -2.58. The Morgan fingerprint density at radius 3 is 2.57 bits per heavy atom. The second kappa shape index (κ2) is 8.30. The van der Waals surface area contributed by atoms with E-state index in [1.54, 1.807) is 4.90 Å². The number of nitrogens with zero attached hydrogens (tertiary/aromatic N) is 1. The number of Topliss-reactive ketones (excluding diaryl/α,β-unsaturated/α-hetero) is 1. The highest BCUT2D eigenvalue weighted by Crippen LogP contribution is 2.41. The van der Waals surface area contributed by atoms with E-state index >= 15 is 0 Å². The monoisotopic (exact) mass is 425 g/mol. The molecule has 1 aromatic carbocycles. The van der Waals surface area contributed by atoms with Crippen LogP contribution in [0.3, 0.4) is 0 Å². The van der Waals surface area contributed by atoms with Gasteiger partial charge in [0.2, 0.25) is 5.91 Å². The number of carbonyl (C=O) groups is 2. The van der Waals surface area contributed by atoms with Crippen LogP contribution in [0, 0.1) is 28.8 Å². The first-order valence-electron chi connectivity index (χ1n) is 10.4. The topological polar surface area (TPSA) is 75.4 Å². The van der Waals surface area contributed by atoms with Crippen LogP contribution in [0.5, 0.6) is 0 Å². The number of nitrogens with two attached hydrogens (primary N) is 1. The standard InChI is InChI=1S/C22H30F3N3O2/c1-21(2,3)10-19(29)22-12-27-11-14(22)4-5-28(22)20(30)8-15(26)6-13-7-17(24)18(25)9-16(13)23/h7,9,14-15,27H,4-6,8,10-12,26H2,1-3H3/t14-,15+,22+/m0/s1. The van der Waals surface area contributed by atoms with Crippen molar-refractivity contribution in [3.63, 3.8) is 0 Å². The fourth-order valence-electron chi connectivity index (χ4n) is 4.76. The highest BCUT2D eigenvalue weighted by Gasteiger charge is 2.58. The molecule has 3 atom stereocenters. The molecule has 1 amide bonds. The molecule has 0 bridgehead atoms. The zero-order valence-electron chi connectivity index (χ0n) is 17.7. The summed E-state index contributed by atoms with van der Waals surface area (Å²) in [6.07, 6.45) is 0.895. The third kappa shape index (κ3) is 4.39. The van der Waals surface area contributed by atoms with Gasteiger partial charge >= 0.3 is 0 Å². The first kappa shape index (κ1) is 22.7. The van der Waals surface area contributed by atoms with Crippen molar-refractivity contribution in [3.05, 3.63) is 35.1 Å². The molecule has 30 heavy (non-hydrogen) atoms. The van der Waals surface area contributed by atoms with Gasteiger partial charge in [0.05, 0.1) is 0 Å². The molecule has 166 valence electrons. The lowest BCUT2D eigenvalue weighted by molar-refractivity contribution is -0.145. The van der Waals surface area contributed by atoms with E-state index in [0.717, 1.165) is 12.5 Å². The van der Waals surface area contributed by atoms with Crippen LogP contribution in [0.2, 0.25) is 0 Å². The van der Waals surface area contributed by atoms with Crippen molar-refractivity contribution in [2.24, 2.45) is 17.1 Å². The largest absolute Gasteiger partial charge is 0.328 e. The summed E-state index contributed by atoms with van der Waals surface area (Å²) in [5, 5.41) is 3.26. The van der Waals surface area contributed by atoms with Crippen LogP contribution < -0.4 is 11.1 Å². The number of halogens is 3. The Balaban J connectivity index is 1.74. The van der Waals surface area contributed by atoms with E-state index in [9.17, 15) is 22.8 Å². The van der Waals surface area contributed by atoms with Crippen molar-refractivity contribution in [2.75, 3.05) is 19.6 Å². The maximum atomic E-state index is 13.9. The molecule has 2 aliphatic rings. The molecule has 2 aliphatic heterocycles. The number of amides is 1. The number of rotatable bonds is 6. The number of fused-ring (bicyclic) bond motifs is 1. The van der Waals surface area contributed by atoms with Gasteiger partial charge in [0.15, 0.2) is 17.4 Å². The molecule has 0 unspecified atom stereocenters. The van der Waals surface area contributed by atoms with Gasteiger partial charge in [-0.2, -0.15) is 0 Å². The van der Waals surface area contributed by atoms with Gasteiger partial charge < -0.3 is 16.0 Å². The van der Waals surface area contributed by atoms with Crippen LogP contribution in [0.25, 0.3) is 0 Å². The first-order chi connectivity index (χ1) is 13.9. The van der Waals surface area contributed by atoms with Gasteiger partial charge in [-0.1, -0.05) is 20.8 Å². The second-order valence-electron chi connectivity index (χ2n) is 9.77. The smallest absolute Gasteiger partial charge is 0.225 e. The number of nitrogens with one attached hydrogen (secondary N) is 1. The van der Waals surface area contributed by atoms with Crippen molar-refractivity contribution >= 4 is 11.7 Å². The van der Waals surface area contributed by atoms with Gasteiger partial charge in [-0.15, -0.1) is 0 Å². The number of hydrogen-bond acceptors (Lipinski definition) is 4. The predicted molar refractivity (Wildman–Crippen MR) is 107 cm³/mol. The lowest BCUT2D eigenvalue weighted by Gasteiger charge is -2.38. The molecule has 0 saturated carbocycles. The second-order valence-corrected chi connectivity index (χ2v) is 9.77. The molecular formula is C22H30F3N3O2. The molecular weight excluding hydrogens is 395 g/mol. The molecule has 0 aliphatic carbocycles. The molecule has 2 fully saturated rings. The normalized spacial score (nSPS) is 24.8. The fraction of sp³-hybridized carbons (Fsp3) is 0.636. The van der Waals surface area contributed by atoms with E-state index in [0.29, 0.717) is 32.1 Å². The molecule has 5 nitrogen and oxygen atoms in total. The van der Waals surface area contributed by atoms with E-state index in [1.165, 1.54) is 0 Å². The quantitative estimate of drug-likeness (QED) is 0.687. The summed E-state index contributed by atoms with van der Waals surface area (Å²) in [7, 11) is 0. The molecule has 0 spiro atoms. The lowest BCUT2D eigenvalue weighted by atomic mass is 9.77. The summed E-state index contributed by atoms with van der Waals surface area (Å²) in [6, 6.07) is 0.477. The van der Waals surface area contributed by atoms with Crippen LogP contribution in [-0.4, -0.2) is 47.8 Å². The van der Waals surface area contributed by atoms with Gasteiger partial charge in [-0.25, -0.2) is 13.2 Å². The van der Waals surface area contributed by atoms with Gasteiger partial charge in [0.1, 0.15) is 11.4 Å².